The molecule has 0 spiro atoms. The van der Waals surface area contributed by atoms with Crippen molar-refractivity contribution in [3.05, 3.63) is 35.1 Å². The molecule has 0 radical (unpaired) electrons. The van der Waals surface area contributed by atoms with E-state index in [4.69, 9.17) is 0 Å². The van der Waals surface area contributed by atoms with Crippen LogP contribution in [0.25, 0.3) is 0 Å². The summed E-state index contributed by atoms with van der Waals surface area (Å²) in [4.78, 5) is 2.43. The molecule has 2 atom stereocenters. The minimum Gasteiger partial charge on any atom is -0.314 e. The molecule has 1 aliphatic heterocycles. The zero-order valence-electron chi connectivity index (χ0n) is 10.8. The summed E-state index contributed by atoms with van der Waals surface area (Å²) in [6, 6.07) is 6.37. The third-order valence-corrected chi connectivity index (χ3v) is 3.73. The Hall–Kier alpha value is -0.930. The van der Waals surface area contributed by atoms with Gasteiger partial charge in [-0.15, -0.1) is 0 Å². The second-order valence-electron chi connectivity index (χ2n) is 4.98. The third kappa shape index (κ3) is 2.67. The lowest BCUT2D eigenvalue weighted by atomic mass is 10.0. The molecule has 0 aliphatic carbocycles. The number of rotatable bonds is 2. The van der Waals surface area contributed by atoms with Crippen molar-refractivity contribution in [1.82, 2.24) is 10.2 Å². The first-order valence-corrected chi connectivity index (χ1v) is 6.32. The molecular formula is C14H21FN2. The van der Waals surface area contributed by atoms with E-state index < -0.39 is 0 Å². The Balaban J connectivity index is 2.17. The number of hydrogen-bond donors (Lipinski definition) is 1. The van der Waals surface area contributed by atoms with Crippen LogP contribution in [0.1, 0.15) is 31.0 Å². The van der Waals surface area contributed by atoms with Crippen molar-refractivity contribution in [2.75, 3.05) is 19.6 Å². The van der Waals surface area contributed by atoms with Crippen LogP contribution in [0.3, 0.4) is 0 Å². The van der Waals surface area contributed by atoms with Gasteiger partial charge in [-0.3, -0.25) is 4.90 Å². The average molecular weight is 236 g/mol. The Morgan fingerprint density at radius 3 is 2.88 bits per heavy atom. The van der Waals surface area contributed by atoms with Crippen LogP contribution in [0.5, 0.6) is 0 Å². The average Bonchev–Trinajstić information content (AvgIpc) is 2.32. The van der Waals surface area contributed by atoms with Gasteiger partial charge in [-0.25, -0.2) is 4.39 Å². The van der Waals surface area contributed by atoms with Crippen molar-refractivity contribution >= 4 is 0 Å². The van der Waals surface area contributed by atoms with E-state index in [2.05, 4.69) is 24.1 Å². The maximum Gasteiger partial charge on any atom is 0.126 e. The molecular weight excluding hydrogens is 215 g/mol. The van der Waals surface area contributed by atoms with Gasteiger partial charge < -0.3 is 5.32 Å². The summed E-state index contributed by atoms with van der Waals surface area (Å²) in [5.41, 5.74) is 1.79. The highest BCUT2D eigenvalue weighted by molar-refractivity contribution is 5.25. The van der Waals surface area contributed by atoms with Crippen LogP contribution in [0.4, 0.5) is 4.39 Å². The minimum absolute atomic E-state index is 0.0999. The van der Waals surface area contributed by atoms with E-state index in [1.165, 1.54) is 0 Å². The first-order valence-electron chi connectivity index (χ1n) is 6.32. The first-order chi connectivity index (χ1) is 8.09. The maximum absolute atomic E-state index is 13.6. The fraction of sp³-hybridized carbons (Fsp3) is 0.571. The molecule has 1 heterocycles. The smallest absolute Gasteiger partial charge is 0.126 e. The Morgan fingerprint density at radius 1 is 1.47 bits per heavy atom. The van der Waals surface area contributed by atoms with E-state index in [-0.39, 0.29) is 11.9 Å². The van der Waals surface area contributed by atoms with E-state index in [1.807, 2.05) is 12.1 Å². The van der Waals surface area contributed by atoms with Crippen molar-refractivity contribution < 1.29 is 4.39 Å². The van der Waals surface area contributed by atoms with Gasteiger partial charge >= 0.3 is 0 Å². The van der Waals surface area contributed by atoms with Crippen molar-refractivity contribution in [3.63, 3.8) is 0 Å². The van der Waals surface area contributed by atoms with Gasteiger partial charge in [-0.1, -0.05) is 12.1 Å². The second-order valence-corrected chi connectivity index (χ2v) is 4.98. The summed E-state index contributed by atoms with van der Waals surface area (Å²) in [7, 11) is 0. The molecule has 1 saturated heterocycles. The number of aryl methyl sites for hydroxylation is 1. The number of hydrogen-bond acceptors (Lipinski definition) is 2. The van der Waals surface area contributed by atoms with E-state index in [1.54, 1.807) is 13.0 Å². The number of benzene rings is 1. The summed E-state index contributed by atoms with van der Waals surface area (Å²) in [5.74, 6) is -0.0999. The molecule has 1 aliphatic rings. The summed E-state index contributed by atoms with van der Waals surface area (Å²) in [6.45, 7) is 9.23. The quantitative estimate of drug-likeness (QED) is 0.848. The number of nitrogens with zero attached hydrogens (tertiary/aromatic N) is 1. The molecule has 17 heavy (non-hydrogen) atoms. The molecule has 94 valence electrons. The highest BCUT2D eigenvalue weighted by Crippen LogP contribution is 2.24. The standard InChI is InChI=1S/C14H21FN2/c1-10-4-5-13(8-14(10)15)12(3)17-7-6-16-9-11(17)2/h4-5,8,11-12,16H,6-7,9H2,1-3H3. The molecule has 3 heteroatoms. The summed E-state index contributed by atoms with van der Waals surface area (Å²) in [5, 5.41) is 3.38. The Morgan fingerprint density at radius 2 is 2.24 bits per heavy atom. The summed E-state index contributed by atoms with van der Waals surface area (Å²) >= 11 is 0. The Kier molecular flexibility index (Phi) is 3.79. The van der Waals surface area contributed by atoms with Crippen molar-refractivity contribution in [2.45, 2.75) is 32.9 Å². The molecule has 1 aromatic rings. The maximum atomic E-state index is 13.6. The Bertz CT molecular complexity index is 392. The highest BCUT2D eigenvalue weighted by Gasteiger charge is 2.24. The van der Waals surface area contributed by atoms with E-state index in [0.717, 1.165) is 25.2 Å². The van der Waals surface area contributed by atoms with Crippen LogP contribution in [0.2, 0.25) is 0 Å². The predicted octanol–water partition coefficient (Wildman–Crippen LogP) is 2.49. The lowest BCUT2D eigenvalue weighted by Gasteiger charge is -2.38. The second kappa shape index (κ2) is 5.15. The molecule has 0 aromatic heterocycles. The first kappa shape index (κ1) is 12.5. The van der Waals surface area contributed by atoms with Crippen LogP contribution in [0.15, 0.2) is 18.2 Å². The largest absolute Gasteiger partial charge is 0.314 e. The van der Waals surface area contributed by atoms with Gasteiger partial charge in [0.15, 0.2) is 0 Å². The molecule has 2 rings (SSSR count). The lowest BCUT2D eigenvalue weighted by Crippen LogP contribution is -2.50. The van der Waals surface area contributed by atoms with Gasteiger partial charge in [0.1, 0.15) is 5.82 Å². The number of nitrogens with one attached hydrogen (secondary N) is 1. The number of piperazine rings is 1. The van der Waals surface area contributed by atoms with Gasteiger partial charge in [0.05, 0.1) is 0 Å². The van der Waals surface area contributed by atoms with Gasteiger partial charge in [0.25, 0.3) is 0 Å². The fourth-order valence-electron chi connectivity index (χ4n) is 2.49. The zero-order valence-corrected chi connectivity index (χ0v) is 10.8. The summed E-state index contributed by atoms with van der Waals surface area (Å²) < 4.78 is 13.6. The minimum atomic E-state index is -0.0999. The van der Waals surface area contributed by atoms with Crippen LogP contribution < -0.4 is 5.32 Å². The molecule has 0 amide bonds. The summed E-state index contributed by atoms with van der Waals surface area (Å²) in [6.07, 6.45) is 0. The normalized spacial score (nSPS) is 23.6. The van der Waals surface area contributed by atoms with E-state index >= 15 is 0 Å². The molecule has 1 aromatic carbocycles. The zero-order chi connectivity index (χ0) is 12.4. The van der Waals surface area contributed by atoms with Crippen LogP contribution in [-0.2, 0) is 0 Å². The van der Waals surface area contributed by atoms with E-state index in [9.17, 15) is 4.39 Å². The Labute approximate surface area is 103 Å². The van der Waals surface area contributed by atoms with Crippen molar-refractivity contribution in [2.24, 2.45) is 0 Å². The molecule has 0 saturated carbocycles. The SMILES string of the molecule is Cc1ccc(C(C)N2CCNCC2C)cc1F. The monoisotopic (exact) mass is 236 g/mol. The van der Waals surface area contributed by atoms with Gasteiger partial charge in [0, 0.05) is 31.7 Å². The molecule has 1 fully saturated rings. The van der Waals surface area contributed by atoms with Gasteiger partial charge in [-0.05, 0) is 38.0 Å². The fourth-order valence-corrected chi connectivity index (χ4v) is 2.49. The van der Waals surface area contributed by atoms with Crippen molar-refractivity contribution in [3.8, 4) is 0 Å². The van der Waals surface area contributed by atoms with Gasteiger partial charge in [0.2, 0.25) is 0 Å². The van der Waals surface area contributed by atoms with Crippen LogP contribution in [-0.4, -0.2) is 30.6 Å². The number of halogens is 1. The van der Waals surface area contributed by atoms with E-state index in [0.29, 0.717) is 11.6 Å². The van der Waals surface area contributed by atoms with Crippen LogP contribution in [0, 0.1) is 12.7 Å². The van der Waals surface area contributed by atoms with Crippen molar-refractivity contribution in [1.29, 1.82) is 0 Å². The molecule has 1 N–H and O–H groups in total. The lowest BCUT2D eigenvalue weighted by molar-refractivity contribution is 0.126. The molecule has 0 bridgehead atoms. The molecule has 2 nitrogen and oxygen atoms in total. The predicted molar refractivity (Wildman–Crippen MR) is 68.6 cm³/mol. The third-order valence-electron chi connectivity index (χ3n) is 3.73. The van der Waals surface area contributed by atoms with Crippen LogP contribution >= 0.6 is 0 Å². The van der Waals surface area contributed by atoms with Gasteiger partial charge in [-0.2, -0.15) is 0 Å². The highest BCUT2D eigenvalue weighted by atomic mass is 19.1. The topological polar surface area (TPSA) is 15.3 Å². The molecule has 2 unspecified atom stereocenters.